The molecule has 1 aliphatic carbocycles. The molecule has 3 aromatic rings. The van der Waals surface area contributed by atoms with Gasteiger partial charge in [-0.05, 0) is 61.4 Å². The van der Waals surface area contributed by atoms with Crippen LogP contribution < -0.4 is 0 Å². The number of rotatable bonds is 5. The van der Waals surface area contributed by atoms with Crippen LogP contribution in [-0.4, -0.2) is 37.8 Å². The Morgan fingerprint density at radius 3 is 2.48 bits per heavy atom. The van der Waals surface area contributed by atoms with Crippen LogP contribution in [0.3, 0.4) is 0 Å². The molecule has 5 rings (SSSR count). The second-order valence-corrected chi connectivity index (χ2v) is 8.53. The second kappa shape index (κ2) is 6.52. The molecule has 2 heterocycles. The quantitative estimate of drug-likeness (QED) is 0.716. The summed E-state index contributed by atoms with van der Waals surface area (Å²) >= 11 is 0. The molecule has 1 saturated carbocycles. The van der Waals surface area contributed by atoms with Crippen LogP contribution >= 0.6 is 0 Å². The van der Waals surface area contributed by atoms with Gasteiger partial charge in [-0.2, -0.15) is 0 Å². The van der Waals surface area contributed by atoms with Gasteiger partial charge in [-0.15, -0.1) is 10.2 Å². The Hall–Kier alpha value is -2.99. The Kier molecular flexibility index (Phi) is 4.06. The molecule has 1 aliphatic heterocycles. The number of aromatic nitrogens is 2. The van der Waals surface area contributed by atoms with Gasteiger partial charge >= 0.3 is 0 Å². The van der Waals surface area contributed by atoms with Gasteiger partial charge in [-0.3, -0.25) is 4.79 Å². The van der Waals surface area contributed by atoms with Gasteiger partial charge in [0.15, 0.2) is 0 Å². The van der Waals surface area contributed by atoms with E-state index in [1.807, 2.05) is 61.2 Å². The summed E-state index contributed by atoms with van der Waals surface area (Å²) in [6.07, 6.45) is 3.44. The van der Waals surface area contributed by atoms with Crippen LogP contribution in [0.25, 0.3) is 22.6 Å². The Bertz CT molecular complexity index is 1050. The van der Waals surface area contributed by atoms with E-state index < -0.39 is 5.60 Å². The number of hydrogen-bond acceptors (Lipinski definition) is 5. The predicted octanol–water partition coefficient (Wildman–Crippen LogP) is 3.91. The smallest absolute Gasteiger partial charge is 0.255 e. The van der Waals surface area contributed by atoms with Crippen molar-refractivity contribution < 1.29 is 14.3 Å². The van der Waals surface area contributed by atoms with Gasteiger partial charge in [0.25, 0.3) is 5.91 Å². The third-order valence-electron chi connectivity index (χ3n) is 5.90. The summed E-state index contributed by atoms with van der Waals surface area (Å²) in [5.74, 6) is 0.857. The van der Waals surface area contributed by atoms with E-state index in [0.29, 0.717) is 18.4 Å². The summed E-state index contributed by atoms with van der Waals surface area (Å²) in [5.41, 5.74) is 3.55. The third-order valence-corrected chi connectivity index (χ3v) is 5.90. The summed E-state index contributed by atoms with van der Waals surface area (Å²) in [7, 11) is 0. The zero-order valence-corrected chi connectivity index (χ0v) is 16.5. The highest BCUT2D eigenvalue weighted by atomic mass is 16.4. The molecule has 1 amide bonds. The van der Waals surface area contributed by atoms with Crippen molar-refractivity contribution in [2.24, 2.45) is 5.92 Å². The van der Waals surface area contributed by atoms with Crippen molar-refractivity contribution in [2.75, 3.05) is 0 Å². The van der Waals surface area contributed by atoms with E-state index in [0.717, 1.165) is 40.7 Å². The number of carbonyl (C=O) groups excluding carboxylic acids is 1. The molecule has 148 valence electrons. The highest BCUT2D eigenvalue weighted by Gasteiger charge is 2.48. The molecule has 0 unspecified atom stereocenters. The van der Waals surface area contributed by atoms with E-state index in [2.05, 4.69) is 10.2 Å². The van der Waals surface area contributed by atoms with Crippen LogP contribution in [-0.2, 0) is 6.54 Å². The fourth-order valence-corrected chi connectivity index (χ4v) is 4.56. The van der Waals surface area contributed by atoms with Gasteiger partial charge in [0, 0.05) is 12.1 Å². The molecule has 2 aromatic carbocycles. The monoisotopic (exact) mass is 389 g/mol. The SMILES string of the molecule is CC(C)(O)[C@@H](C1CC1)N1Cc2cccc(-c3ccc(-c4nnco4)cc3)c2C1=O. The molecule has 0 saturated heterocycles. The molecule has 1 atom stereocenters. The molecule has 6 heteroatoms. The lowest BCUT2D eigenvalue weighted by Gasteiger charge is -2.37. The Balaban J connectivity index is 1.50. The molecule has 2 aliphatic rings. The topological polar surface area (TPSA) is 79.5 Å². The summed E-state index contributed by atoms with van der Waals surface area (Å²) in [5, 5.41) is 18.4. The van der Waals surface area contributed by atoms with Gasteiger partial charge in [0.1, 0.15) is 0 Å². The lowest BCUT2D eigenvalue weighted by molar-refractivity contribution is -0.0224. The van der Waals surface area contributed by atoms with Crippen LogP contribution in [0.4, 0.5) is 0 Å². The first-order valence-electron chi connectivity index (χ1n) is 9.95. The van der Waals surface area contributed by atoms with Crippen LogP contribution in [0.2, 0.25) is 0 Å². The maximum Gasteiger partial charge on any atom is 0.255 e. The number of amides is 1. The van der Waals surface area contributed by atoms with Gasteiger partial charge < -0.3 is 14.4 Å². The molecular weight excluding hydrogens is 366 g/mol. The zero-order chi connectivity index (χ0) is 20.2. The number of fused-ring (bicyclic) bond motifs is 1. The Morgan fingerprint density at radius 2 is 1.86 bits per heavy atom. The van der Waals surface area contributed by atoms with Crippen molar-refractivity contribution in [3.05, 3.63) is 60.0 Å². The van der Waals surface area contributed by atoms with Crippen LogP contribution in [0.15, 0.2) is 53.3 Å². The van der Waals surface area contributed by atoms with Crippen molar-refractivity contribution in [3.8, 4) is 22.6 Å². The summed E-state index contributed by atoms with van der Waals surface area (Å²) in [6, 6.07) is 13.6. The van der Waals surface area contributed by atoms with E-state index in [4.69, 9.17) is 4.42 Å². The van der Waals surface area contributed by atoms with Crippen molar-refractivity contribution >= 4 is 5.91 Å². The number of carbonyl (C=O) groups is 1. The first-order chi connectivity index (χ1) is 13.9. The van der Waals surface area contributed by atoms with Crippen LogP contribution in [0.1, 0.15) is 42.6 Å². The molecule has 6 nitrogen and oxygen atoms in total. The van der Waals surface area contributed by atoms with Crippen molar-refractivity contribution in [1.82, 2.24) is 15.1 Å². The van der Waals surface area contributed by atoms with Gasteiger partial charge in [0.2, 0.25) is 12.3 Å². The highest BCUT2D eigenvalue weighted by molar-refractivity contribution is 6.04. The minimum Gasteiger partial charge on any atom is -0.423 e. The number of hydrogen-bond donors (Lipinski definition) is 1. The first-order valence-corrected chi connectivity index (χ1v) is 9.95. The number of benzene rings is 2. The first kappa shape index (κ1) is 18.1. The van der Waals surface area contributed by atoms with E-state index in [1.54, 1.807) is 0 Å². The minimum atomic E-state index is -0.926. The van der Waals surface area contributed by atoms with Crippen LogP contribution in [0.5, 0.6) is 0 Å². The third kappa shape index (κ3) is 3.13. The molecule has 0 radical (unpaired) electrons. The molecule has 1 N–H and O–H groups in total. The summed E-state index contributed by atoms with van der Waals surface area (Å²) in [4.78, 5) is 15.3. The van der Waals surface area contributed by atoms with Crippen LogP contribution in [0, 0.1) is 5.92 Å². The fourth-order valence-electron chi connectivity index (χ4n) is 4.56. The minimum absolute atomic E-state index is 0.00982. The van der Waals surface area contributed by atoms with Gasteiger partial charge in [-0.25, -0.2) is 0 Å². The average molecular weight is 389 g/mol. The Morgan fingerprint density at radius 1 is 1.14 bits per heavy atom. The Labute approximate surface area is 169 Å². The van der Waals surface area contributed by atoms with Gasteiger partial charge in [-0.1, -0.05) is 30.3 Å². The number of aliphatic hydroxyl groups is 1. The molecule has 0 spiro atoms. The fraction of sp³-hybridized carbons (Fsp3) is 0.348. The highest BCUT2D eigenvalue weighted by Crippen LogP contribution is 2.44. The summed E-state index contributed by atoms with van der Waals surface area (Å²) in [6.45, 7) is 4.17. The average Bonchev–Trinajstić information content (AvgIpc) is 3.24. The van der Waals surface area contributed by atoms with Gasteiger partial charge in [0.05, 0.1) is 17.2 Å². The maximum atomic E-state index is 13.4. The molecular formula is C23H23N3O3. The molecule has 29 heavy (non-hydrogen) atoms. The maximum absolute atomic E-state index is 13.4. The van der Waals surface area contributed by atoms with Crippen molar-refractivity contribution in [2.45, 2.75) is 44.9 Å². The van der Waals surface area contributed by atoms with E-state index >= 15 is 0 Å². The number of nitrogens with zero attached hydrogens (tertiary/aromatic N) is 3. The predicted molar refractivity (Wildman–Crippen MR) is 108 cm³/mol. The molecule has 1 aromatic heterocycles. The van der Waals surface area contributed by atoms with Crippen molar-refractivity contribution in [3.63, 3.8) is 0 Å². The van der Waals surface area contributed by atoms with Crippen molar-refractivity contribution in [1.29, 1.82) is 0 Å². The normalized spacial score (nSPS) is 17.5. The van der Waals surface area contributed by atoms with E-state index in [-0.39, 0.29) is 11.9 Å². The lowest BCUT2D eigenvalue weighted by Crippen LogP contribution is -2.51. The second-order valence-electron chi connectivity index (χ2n) is 8.53. The molecule has 0 bridgehead atoms. The standard InChI is InChI=1S/C23H23N3O3/c1-23(2,28)20(15-8-9-15)26-12-17-4-3-5-18(19(17)22(26)27)14-6-10-16(11-7-14)21-25-24-13-29-21/h3-7,10-11,13,15,20,28H,8-9,12H2,1-2H3/t20-/m1/s1. The molecule has 1 fully saturated rings. The van der Waals surface area contributed by atoms with E-state index in [9.17, 15) is 9.90 Å². The summed E-state index contributed by atoms with van der Waals surface area (Å²) < 4.78 is 5.25. The largest absolute Gasteiger partial charge is 0.423 e. The zero-order valence-electron chi connectivity index (χ0n) is 16.5. The van der Waals surface area contributed by atoms with E-state index in [1.165, 1.54) is 6.39 Å². The lowest BCUT2D eigenvalue weighted by atomic mass is 9.92.